The predicted octanol–water partition coefficient (Wildman–Crippen LogP) is 5.79. The summed E-state index contributed by atoms with van der Waals surface area (Å²) >= 11 is 0. The zero-order valence-electron chi connectivity index (χ0n) is 26.2. The molecule has 2 aromatic rings. The van der Waals surface area contributed by atoms with Crippen molar-refractivity contribution >= 4 is 29.1 Å². The van der Waals surface area contributed by atoms with Crippen molar-refractivity contribution in [1.29, 1.82) is 0 Å². The van der Waals surface area contributed by atoms with E-state index in [-0.39, 0.29) is 41.5 Å². The fourth-order valence-electron chi connectivity index (χ4n) is 6.75. The summed E-state index contributed by atoms with van der Waals surface area (Å²) in [6.07, 6.45) is 1.61. The van der Waals surface area contributed by atoms with E-state index in [4.69, 9.17) is 9.47 Å². The van der Waals surface area contributed by atoms with Gasteiger partial charge in [0.2, 0.25) is 0 Å². The molecule has 9 nitrogen and oxygen atoms in total. The lowest BCUT2D eigenvalue weighted by atomic mass is 9.63. The van der Waals surface area contributed by atoms with E-state index >= 15 is 0 Å². The van der Waals surface area contributed by atoms with Crippen LogP contribution < -0.4 is 14.8 Å². The van der Waals surface area contributed by atoms with Crippen molar-refractivity contribution in [2.45, 2.75) is 66.2 Å². The summed E-state index contributed by atoms with van der Waals surface area (Å²) in [5, 5.41) is 12.7. The van der Waals surface area contributed by atoms with Crippen LogP contribution >= 0.6 is 0 Å². The van der Waals surface area contributed by atoms with Gasteiger partial charge in [0.15, 0.2) is 29.7 Å². The number of nitrogens with zero attached hydrogens (tertiary/aromatic N) is 1. The molecule has 0 aromatic heterocycles. The van der Waals surface area contributed by atoms with Crippen LogP contribution in [0.5, 0.6) is 11.5 Å². The number of ether oxygens (including phenoxy) is 2. The number of benzene rings is 2. The third-order valence-electron chi connectivity index (χ3n) is 8.50. The molecular formula is C35H40N2O7. The largest absolute Gasteiger partial charge is 0.493 e. The van der Waals surface area contributed by atoms with E-state index in [0.717, 1.165) is 5.56 Å². The fraction of sp³-hybridized carbons (Fsp3) is 0.429. The molecule has 2 aromatic carbocycles. The van der Waals surface area contributed by atoms with Crippen LogP contribution in [0.2, 0.25) is 0 Å². The molecule has 0 spiro atoms. The molecule has 1 amide bonds. The summed E-state index contributed by atoms with van der Waals surface area (Å²) in [5.41, 5.74) is 3.95. The van der Waals surface area contributed by atoms with Gasteiger partial charge in [0.25, 0.3) is 5.91 Å². The molecule has 5 rings (SSSR count). The lowest BCUT2D eigenvalue weighted by Crippen LogP contribution is -2.45. The first-order valence-corrected chi connectivity index (χ1v) is 14.9. The van der Waals surface area contributed by atoms with E-state index in [1.807, 2.05) is 52.8 Å². The van der Waals surface area contributed by atoms with Crippen LogP contribution in [0.3, 0.4) is 0 Å². The van der Waals surface area contributed by atoms with Crippen molar-refractivity contribution in [3.63, 3.8) is 0 Å². The summed E-state index contributed by atoms with van der Waals surface area (Å²) in [7, 11) is 1.49. The molecule has 2 aliphatic carbocycles. The molecule has 0 bridgehead atoms. The number of aliphatic carboxylic acids is 1. The molecule has 0 saturated heterocycles. The van der Waals surface area contributed by atoms with Crippen molar-refractivity contribution in [3.05, 3.63) is 76.1 Å². The number of methoxy groups -OCH3 is 1. The Morgan fingerprint density at radius 3 is 2.07 bits per heavy atom. The van der Waals surface area contributed by atoms with Crippen LogP contribution in [0.25, 0.3) is 0 Å². The average molecular weight is 601 g/mol. The van der Waals surface area contributed by atoms with Crippen LogP contribution in [-0.4, -0.2) is 53.7 Å². The van der Waals surface area contributed by atoms with Gasteiger partial charge in [-0.3, -0.25) is 19.2 Å². The van der Waals surface area contributed by atoms with Crippen LogP contribution in [0.1, 0.15) is 70.4 Å². The second-order valence-electron chi connectivity index (χ2n) is 13.6. The number of carboxylic acids is 1. The second-order valence-corrected chi connectivity index (χ2v) is 13.6. The van der Waals surface area contributed by atoms with Crippen LogP contribution in [0, 0.1) is 17.8 Å². The number of anilines is 1. The molecule has 2 N–H and O–H groups in total. The van der Waals surface area contributed by atoms with E-state index in [0.29, 0.717) is 71.0 Å². The maximum atomic E-state index is 13.9. The number of nitrogens with one attached hydrogen (secondary N) is 1. The number of hydrogen-bond acceptors (Lipinski definition) is 7. The predicted molar refractivity (Wildman–Crippen MR) is 165 cm³/mol. The molecule has 0 atom stereocenters. The maximum Gasteiger partial charge on any atom is 0.323 e. The normalized spacial score (nSPS) is 19.4. The Kier molecular flexibility index (Phi) is 8.18. The molecule has 44 heavy (non-hydrogen) atoms. The smallest absolute Gasteiger partial charge is 0.323 e. The van der Waals surface area contributed by atoms with E-state index in [1.165, 1.54) is 7.11 Å². The second kappa shape index (κ2) is 11.6. The maximum absolute atomic E-state index is 13.9. The quantitative estimate of drug-likeness (QED) is 0.390. The first-order chi connectivity index (χ1) is 20.7. The Morgan fingerprint density at radius 2 is 1.52 bits per heavy atom. The SMILES string of the molecule is COc1cc(C2C3=C(CC(C)(C)CC3=O)N(CC(=O)O)C3=C2C(=O)CC(C)(C)C3)ccc1OCC(=O)Nc1cccc(C)c1. The Labute approximate surface area is 257 Å². The minimum absolute atomic E-state index is 0.0899. The molecule has 0 radical (unpaired) electrons. The van der Waals surface area contributed by atoms with Gasteiger partial charge in [0.05, 0.1) is 7.11 Å². The van der Waals surface area contributed by atoms with Crippen LogP contribution in [-0.2, 0) is 19.2 Å². The van der Waals surface area contributed by atoms with Gasteiger partial charge >= 0.3 is 5.97 Å². The zero-order chi connectivity index (χ0) is 32.0. The van der Waals surface area contributed by atoms with Crippen molar-refractivity contribution in [1.82, 2.24) is 4.90 Å². The number of carbonyl (C=O) groups is 4. The number of hydrogen-bond donors (Lipinski definition) is 2. The Balaban J connectivity index is 1.54. The molecule has 1 heterocycles. The number of allylic oxidation sites excluding steroid dienone is 4. The van der Waals surface area contributed by atoms with Gasteiger partial charge in [-0.2, -0.15) is 0 Å². The Morgan fingerprint density at radius 1 is 0.909 bits per heavy atom. The van der Waals surface area contributed by atoms with Gasteiger partial charge in [-0.25, -0.2) is 0 Å². The molecule has 0 fully saturated rings. The van der Waals surface area contributed by atoms with Crippen LogP contribution in [0.4, 0.5) is 5.69 Å². The summed E-state index contributed by atoms with van der Waals surface area (Å²) in [6, 6.07) is 12.7. The van der Waals surface area contributed by atoms with Crippen molar-refractivity contribution in [2.75, 3.05) is 25.6 Å². The number of amides is 1. The van der Waals surface area contributed by atoms with E-state index in [2.05, 4.69) is 5.32 Å². The first-order valence-electron chi connectivity index (χ1n) is 14.9. The molecule has 9 heteroatoms. The summed E-state index contributed by atoms with van der Waals surface area (Å²) in [5.74, 6) is -1.50. The monoisotopic (exact) mass is 600 g/mol. The van der Waals surface area contributed by atoms with Crippen molar-refractivity contribution in [2.24, 2.45) is 10.8 Å². The minimum atomic E-state index is -1.02. The van der Waals surface area contributed by atoms with Crippen LogP contribution in [0.15, 0.2) is 65.0 Å². The van der Waals surface area contributed by atoms with Gasteiger partial charge in [-0.15, -0.1) is 0 Å². The standard InChI is InChI=1S/C35H40N2O7/c1-20-8-7-9-22(12-20)36-29(40)19-44-27-11-10-21(13-28(27)43-6)31-32-23(14-34(2,3)16-25(32)38)37(18-30(41)42)24-15-35(4,5)17-26(39)33(24)31/h7-13,31H,14-19H2,1-6H3,(H,36,40)(H,41,42). The van der Waals surface area contributed by atoms with Gasteiger partial charge in [-0.1, -0.05) is 45.9 Å². The highest BCUT2D eigenvalue weighted by Crippen LogP contribution is 2.54. The Bertz CT molecular complexity index is 1560. The highest BCUT2D eigenvalue weighted by Gasteiger charge is 2.49. The minimum Gasteiger partial charge on any atom is -0.493 e. The number of carboxylic acid groups (broad SMARTS) is 1. The van der Waals surface area contributed by atoms with Gasteiger partial charge in [0, 0.05) is 47.0 Å². The Hall–Kier alpha value is -4.40. The molecule has 0 unspecified atom stereocenters. The summed E-state index contributed by atoms with van der Waals surface area (Å²) in [4.78, 5) is 54.2. The molecule has 3 aliphatic rings. The number of rotatable bonds is 8. The number of aryl methyl sites for hydroxylation is 1. The fourth-order valence-corrected chi connectivity index (χ4v) is 6.75. The summed E-state index contributed by atoms with van der Waals surface area (Å²) in [6.45, 7) is 9.40. The van der Waals surface area contributed by atoms with Gasteiger partial charge in [0.1, 0.15) is 6.54 Å². The molecule has 0 saturated carbocycles. The lowest BCUT2D eigenvalue weighted by Gasteiger charge is -2.48. The molecule has 232 valence electrons. The van der Waals surface area contributed by atoms with E-state index < -0.39 is 11.9 Å². The highest BCUT2D eigenvalue weighted by atomic mass is 16.5. The lowest BCUT2D eigenvalue weighted by molar-refractivity contribution is -0.138. The van der Waals surface area contributed by atoms with E-state index in [1.54, 1.807) is 29.2 Å². The third kappa shape index (κ3) is 6.27. The first kappa shape index (κ1) is 31.0. The molecular weight excluding hydrogens is 560 g/mol. The highest BCUT2D eigenvalue weighted by molar-refractivity contribution is 6.07. The zero-order valence-corrected chi connectivity index (χ0v) is 26.2. The summed E-state index contributed by atoms with van der Waals surface area (Å²) < 4.78 is 11.5. The van der Waals surface area contributed by atoms with Crippen molar-refractivity contribution in [3.8, 4) is 11.5 Å². The third-order valence-corrected chi connectivity index (χ3v) is 8.50. The number of ketones is 2. The average Bonchev–Trinajstić information content (AvgIpc) is 2.91. The number of Topliss-reactive ketones (excluding diaryl/α,β-unsaturated/α-hetero) is 2. The van der Waals surface area contributed by atoms with Gasteiger partial charge < -0.3 is 24.8 Å². The van der Waals surface area contributed by atoms with Gasteiger partial charge in [-0.05, 0) is 66.0 Å². The topological polar surface area (TPSA) is 122 Å². The van der Waals surface area contributed by atoms with Crippen molar-refractivity contribution < 1.29 is 33.8 Å². The van der Waals surface area contributed by atoms with E-state index in [9.17, 15) is 24.3 Å². The molecule has 1 aliphatic heterocycles. The number of carbonyl (C=O) groups excluding carboxylic acids is 3.